The molecule has 1 amide bonds. The zero-order valence-electron chi connectivity index (χ0n) is 11.7. The van der Waals surface area contributed by atoms with Gasteiger partial charge in [-0.3, -0.25) is 4.79 Å². The summed E-state index contributed by atoms with van der Waals surface area (Å²) in [6.07, 6.45) is 5.66. The molecule has 0 unspecified atom stereocenters. The van der Waals surface area contributed by atoms with Crippen LogP contribution in [0, 0.1) is 5.82 Å². The van der Waals surface area contributed by atoms with Crippen molar-refractivity contribution in [1.29, 1.82) is 0 Å². The third-order valence-corrected chi connectivity index (χ3v) is 5.15. The molecule has 0 radical (unpaired) electrons. The molecule has 22 heavy (non-hydrogen) atoms. The Labute approximate surface area is 136 Å². The van der Waals surface area contributed by atoms with E-state index in [1.54, 1.807) is 6.07 Å². The molecule has 0 spiro atoms. The Kier molecular flexibility index (Phi) is 4.55. The molecule has 0 saturated carbocycles. The van der Waals surface area contributed by atoms with Gasteiger partial charge in [-0.1, -0.05) is 17.7 Å². The maximum absolute atomic E-state index is 13.6. The van der Waals surface area contributed by atoms with Crippen LogP contribution in [0.1, 0.15) is 38.5 Å². The fraction of sp³-hybridized carbons (Fsp3) is 0.250. The molecule has 1 heterocycles. The zero-order valence-corrected chi connectivity index (χ0v) is 13.3. The van der Waals surface area contributed by atoms with Gasteiger partial charge in [0.2, 0.25) is 0 Å². The summed E-state index contributed by atoms with van der Waals surface area (Å²) in [7, 11) is 0. The Morgan fingerprint density at radius 3 is 2.95 bits per heavy atom. The predicted molar refractivity (Wildman–Crippen MR) is 87.4 cm³/mol. The van der Waals surface area contributed by atoms with E-state index in [1.807, 2.05) is 6.07 Å². The lowest BCUT2D eigenvalue weighted by Gasteiger charge is -2.08. The maximum Gasteiger partial charge on any atom is 0.281 e. The number of hydrazone groups is 1. The van der Waals surface area contributed by atoms with E-state index < -0.39 is 5.82 Å². The van der Waals surface area contributed by atoms with Gasteiger partial charge in [-0.2, -0.15) is 5.10 Å². The van der Waals surface area contributed by atoms with Crippen LogP contribution >= 0.6 is 22.9 Å². The van der Waals surface area contributed by atoms with Crippen LogP contribution in [-0.2, 0) is 12.8 Å². The highest BCUT2D eigenvalue weighted by Gasteiger charge is 2.16. The quantitative estimate of drug-likeness (QED) is 0.663. The monoisotopic (exact) mass is 336 g/mol. The molecule has 0 fully saturated rings. The molecule has 114 valence electrons. The van der Waals surface area contributed by atoms with E-state index in [1.165, 1.54) is 53.0 Å². The van der Waals surface area contributed by atoms with Gasteiger partial charge in [-0.15, -0.1) is 11.3 Å². The zero-order chi connectivity index (χ0) is 15.5. The number of hydrogen-bond acceptors (Lipinski definition) is 3. The average molecular weight is 337 g/mol. The number of rotatable bonds is 3. The lowest BCUT2D eigenvalue weighted by molar-refractivity contribution is 0.0959. The highest BCUT2D eigenvalue weighted by Crippen LogP contribution is 2.29. The largest absolute Gasteiger partial charge is 0.281 e. The number of aryl methyl sites for hydroxylation is 2. The van der Waals surface area contributed by atoms with E-state index in [4.69, 9.17) is 11.6 Å². The summed E-state index contributed by atoms with van der Waals surface area (Å²) in [5.74, 6) is -0.750. The number of fused-ring (bicyclic) bond motifs is 1. The van der Waals surface area contributed by atoms with Crippen molar-refractivity contribution in [3.63, 3.8) is 0 Å². The van der Waals surface area contributed by atoms with Gasteiger partial charge in [0, 0.05) is 10.4 Å². The molecule has 6 heteroatoms. The summed E-state index contributed by atoms with van der Waals surface area (Å²) < 4.78 is 13.6. The number of thiophene rings is 1. The highest BCUT2D eigenvalue weighted by molar-refractivity contribution is 7.14. The number of halogens is 2. The summed E-state index contributed by atoms with van der Waals surface area (Å²) in [5, 5.41) is 4.06. The molecular weight excluding hydrogens is 323 g/mol. The summed E-state index contributed by atoms with van der Waals surface area (Å²) >= 11 is 7.40. The Morgan fingerprint density at radius 2 is 2.18 bits per heavy atom. The SMILES string of the molecule is O=C(NN=Cc1c(F)cccc1Cl)c1cc2c(s1)CCCC2. The molecule has 2 aromatic rings. The maximum atomic E-state index is 13.6. The van der Waals surface area contributed by atoms with Crippen molar-refractivity contribution >= 4 is 35.1 Å². The average Bonchev–Trinajstić information content (AvgIpc) is 2.94. The first-order valence-electron chi connectivity index (χ1n) is 7.04. The van der Waals surface area contributed by atoms with Crippen LogP contribution in [0.5, 0.6) is 0 Å². The van der Waals surface area contributed by atoms with Crippen molar-refractivity contribution in [2.45, 2.75) is 25.7 Å². The molecule has 3 nitrogen and oxygen atoms in total. The molecule has 1 N–H and O–H groups in total. The minimum atomic E-state index is -0.475. The van der Waals surface area contributed by atoms with E-state index in [2.05, 4.69) is 10.5 Å². The molecule has 0 bridgehead atoms. The van der Waals surface area contributed by atoms with Crippen LogP contribution in [0.2, 0.25) is 5.02 Å². The van der Waals surface area contributed by atoms with Crippen LogP contribution in [0.4, 0.5) is 4.39 Å². The molecule has 3 rings (SSSR count). The summed E-state index contributed by atoms with van der Waals surface area (Å²) in [6.45, 7) is 0. The second-order valence-electron chi connectivity index (χ2n) is 5.10. The standard InChI is InChI=1S/C16H14ClFN2OS/c17-12-5-3-6-13(18)11(12)9-19-20-16(21)15-8-10-4-1-2-7-14(10)22-15/h3,5-6,8-9H,1-2,4,7H2,(H,20,21). The van der Waals surface area contributed by atoms with Crippen molar-refractivity contribution in [2.75, 3.05) is 0 Å². The minimum absolute atomic E-state index is 0.162. The van der Waals surface area contributed by atoms with Crippen molar-refractivity contribution < 1.29 is 9.18 Å². The van der Waals surface area contributed by atoms with Crippen molar-refractivity contribution in [1.82, 2.24) is 5.43 Å². The van der Waals surface area contributed by atoms with E-state index in [0.717, 1.165) is 12.8 Å². The van der Waals surface area contributed by atoms with Gasteiger partial charge >= 0.3 is 0 Å². The summed E-state index contributed by atoms with van der Waals surface area (Å²) in [6, 6.07) is 6.31. The Hall–Kier alpha value is -1.72. The first kappa shape index (κ1) is 15.2. The first-order chi connectivity index (χ1) is 10.6. The van der Waals surface area contributed by atoms with Crippen LogP contribution in [0.25, 0.3) is 0 Å². The number of nitrogens with one attached hydrogen (secondary N) is 1. The Bertz CT molecular complexity index is 698. The first-order valence-corrected chi connectivity index (χ1v) is 8.23. The van der Waals surface area contributed by atoms with Crippen LogP contribution in [0.15, 0.2) is 29.4 Å². The number of carbonyl (C=O) groups excluding carboxylic acids is 1. The number of benzene rings is 1. The number of amides is 1. The number of nitrogens with zero attached hydrogens (tertiary/aromatic N) is 1. The topological polar surface area (TPSA) is 41.5 Å². The number of carbonyl (C=O) groups is 1. The molecule has 0 aliphatic heterocycles. The molecule has 1 aromatic carbocycles. The Morgan fingerprint density at radius 1 is 1.36 bits per heavy atom. The third-order valence-electron chi connectivity index (χ3n) is 3.58. The van der Waals surface area contributed by atoms with Gasteiger partial charge < -0.3 is 0 Å². The molecule has 1 aliphatic rings. The van der Waals surface area contributed by atoms with Gasteiger partial charge in [-0.05, 0) is 49.4 Å². The van der Waals surface area contributed by atoms with Gasteiger partial charge in [0.25, 0.3) is 5.91 Å². The second-order valence-corrected chi connectivity index (χ2v) is 6.64. The molecule has 0 atom stereocenters. The predicted octanol–water partition coefficient (Wildman–Crippen LogP) is 4.18. The van der Waals surface area contributed by atoms with E-state index in [0.29, 0.717) is 4.88 Å². The Balaban J connectivity index is 1.69. The lowest BCUT2D eigenvalue weighted by atomic mass is 9.99. The summed E-state index contributed by atoms with van der Waals surface area (Å²) in [4.78, 5) is 14.0. The molecule has 1 aromatic heterocycles. The molecular formula is C16H14ClFN2OS. The second kappa shape index (κ2) is 6.58. The van der Waals surface area contributed by atoms with Gasteiger partial charge in [0.05, 0.1) is 16.1 Å². The van der Waals surface area contributed by atoms with Crippen LogP contribution in [-0.4, -0.2) is 12.1 Å². The van der Waals surface area contributed by atoms with E-state index in [-0.39, 0.29) is 16.5 Å². The van der Waals surface area contributed by atoms with Gasteiger partial charge in [0.15, 0.2) is 0 Å². The minimum Gasteiger partial charge on any atom is -0.266 e. The smallest absolute Gasteiger partial charge is 0.266 e. The fourth-order valence-electron chi connectivity index (χ4n) is 2.45. The van der Waals surface area contributed by atoms with Crippen molar-refractivity contribution in [2.24, 2.45) is 5.10 Å². The summed E-state index contributed by atoms with van der Waals surface area (Å²) in [5.41, 5.74) is 3.85. The van der Waals surface area contributed by atoms with Gasteiger partial charge in [0.1, 0.15) is 5.82 Å². The molecule has 0 saturated heterocycles. The van der Waals surface area contributed by atoms with Crippen LogP contribution in [0.3, 0.4) is 0 Å². The third kappa shape index (κ3) is 3.20. The van der Waals surface area contributed by atoms with Crippen molar-refractivity contribution in [3.8, 4) is 0 Å². The fourth-order valence-corrected chi connectivity index (χ4v) is 3.80. The van der Waals surface area contributed by atoms with E-state index >= 15 is 0 Å². The molecule has 1 aliphatic carbocycles. The van der Waals surface area contributed by atoms with Gasteiger partial charge in [-0.25, -0.2) is 9.82 Å². The highest BCUT2D eigenvalue weighted by atomic mass is 35.5. The van der Waals surface area contributed by atoms with Crippen LogP contribution < -0.4 is 5.43 Å². The normalized spacial score (nSPS) is 14.1. The lowest BCUT2D eigenvalue weighted by Crippen LogP contribution is -2.16. The van der Waals surface area contributed by atoms with Crippen molar-refractivity contribution in [3.05, 3.63) is 56.0 Å². The van der Waals surface area contributed by atoms with E-state index in [9.17, 15) is 9.18 Å². The number of hydrogen-bond donors (Lipinski definition) is 1.